The molecule has 26 heavy (non-hydrogen) atoms. The van der Waals surface area contributed by atoms with Crippen molar-refractivity contribution in [1.29, 1.82) is 0 Å². The highest BCUT2D eigenvalue weighted by atomic mass is 16.6. The average Bonchev–Trinajstić information content (AvgIpc) is 2.68. The summed E-state index contributed by atoms with van der Waals surface area (Å²) in [5.74, 6) is 0.133. The van der Waals surface area contributed by atoms with Crippen molar-refractivity contribution in [3.8, 4) is 0 Å². The summed E-state index contributed by atoms with van der Waals surface area (Å²) in [6, 6.07) is 0. The monoisotopic (exact) mass is 378 g/mol. The Labute approximate surface area is 160 Å². The molecule has 1 amide bonds. The molecule has 0 radical (unpaired) electrons. The van der Waals surface area contributed by atoms with Gasteiger partial charge in [0.25, 0.3) is 0 Å². The molecule has 0 heterocycles. The lowest BCUT2D eigenvalue weighted by molar-refractivity contribution is -0.130. The van der Waals surface area contributed by atoms with Gasteiger partial charge >= 0.3 is 0 Å². The Morgan fingerprint density at radius 3 is 1.69 bits per heavy atom. The lowest BCUT2D eigenvalue weighted by Crippen LogP contribution is -2.29. The van der Waals surface area contributed by atoms with Crippen LogP contribution < -0.4 is 5.32 Å². The van der Waals surface area contributed by atoms with E-state index in [0.717, 1.165) is 26.1 Å². The number of nitrogens with one attached hydrogen (secondary N) is 1. The van der Waals surface area contributed by atoms with E-state index in [1.165, 1.54) is 0 Å². The van der Waals surface area contributed by atoms with Crippen molar-refractivity contribution >= 4 is 5.91 Å². The highest BCUT2D eigenvalue weighted by Crippen LogP contribution is 1.90. The van der Waals surface area contributed by atoms with Crippen molar-refractivity contribution in [2.24, 2.45) is 0 Å². The first kappa shape index (κ1) is 27.5. The van der Waals surface area contributed by atoms with Gasteiger partial charge in [-0.25, -0.2) is 0 Å². The number of hydrogen-bond donors (Lipinski definition) is 1. The van der Waals surface area contributed by atoms with Gasteiger partial charge in [-0.3, -0.25) is 4.79 Å². The Kier molecular flexibility index (Phi) is 25.7. The number of carbonyl (C=O) groups is 1. The predicted molar refractivity (Wildman–Crippen MR) is 106 cm³/mol. The summed E-state index contributed by atoms with van der Waals surface area (Å²) in [7, 11) is 1.79. The number of rotatable bonds is 18. The highest BCUT2D eigenvalue weighted by molar-refractivity contribution is 5.75. The number of ether oxygens (including phenoxy) is 4. The van der Waals surface area contributed by atoms with Crippen molar-refractivity contribution in [3.05, 3.63) is 0 Å². The second-order valence-electron chi connectivity index (χ2n) is 5.37. The Bertz CT molecular complexity index is 281. The minimum atomic E-state index is 0.133. The van der Waals surface area contributed by atoms with Crippen molar-refractivity contribution in [2.45, 2.75) is 40.5 Å². The van der Waals surface area contributed by atoms with Crippen molar-refractivity contribution in [1.82, 2.24) is 10.2 Å². The van der Waals surface area contributed by atoms with E-state index < -0.39 is 0 Å². The molecule has 0 aliphatic carbocycles. The second-order valence-corrected chi connectivity index (χ2v) is 5.37. The Morgan fingerprint density at radius 2 is 1.23 bits per heavy atom. The molecule has 0 saturated heterocycles. The molecule has 0 saturated carbocycles. The van der Waals surface area contributed by atoms with Crippen LogP contribution >= 0.6 is 0 Å². The van der Waals surface area contributed by atoms with Gasteiger partial charge in [0.05, 0.1) is 52.9 Å². The first-order valence-corrected chi connectivity index (χ1v) is 9.98. The first-order valence-electron chi connectivity index (χ1n) is 9.98. The van der Waals surface area contributed by atoms with E-state index in [1.54, 1.807) is 11.9 Å². The number of hydrogen-bond acceptors (Lipinski definition) is 6. The van der Waals surface area contributed by atoms with E-state index in [0.29, 0.717) is 59.2 Å². The van der Waals surface area contributed by atoms with Crippen molar-refractivity contribution in [2.75, 3.05) is 79.5 Å². The summed E-state index contributed by atoms with van der Waals surface area (Å²) in [6.07, 6.45) is 1.67. The second kappa shape index (κ2) is 24.3. The Balaban J connectivity index is 0. The van der Waals surface area contributed by atoms with Crippen LogP contribution in [0.2, 0.25) is 0 Å². The van der Waals surface area contributed by atoms with E-state index in [4.69, 9.17) is 18.9 Å². The fraction of sp³-hybridized carbons (Fsp3) is 0.947. The molecule has 1 N–H and O–H groups in total. The van der Waals surface area contributed by atoms with Crippen LogP contribution in [0.25, 0.3) is 0 Å². The lowest BCUT2D eigenvalue weighted by atomic mass is 10.4. The summed E-state index contributed by atoms with van der Waals surface area (Å²) < 4.78 is 21.6. The highest BCUT2D eigenvalue weighted by Gasteiger charge is 2.04. The number of carbonyl (C=O) groups excluding carboxylic acids is 1. The van der Waals surface area contributed by atoms with Crippen LogP contribution in [-0.2, 0) is 23.7 Å². The molecule has 7 heteroatoms. The topological polar surface area (TPSA) is 69.3 Å². The summed E-state index contributed by atoms with van der Waals surface area (Å²) in [4.78, 5) is 13.0. The zero-order chi connectivity index (χ0) is 19.9. The molecule has 0 spiro atoms. The molecule has 0 unspecified atom stereocenters. The third-order valence-corrected chi connectivity index (χ3v) is 3.27. The molecule has 0 aliphatic heterocycles. The number of amides is 1. The fourth-order valence-electron chi connectivity index (χ4n) is 1.80. The van der Waals surface area contributed by atoms with Gasteiger partial charge in [-0.1, -0.05) is 27.7 Å². The van der Waals surface area contributed by atoms with E-state index in [1.807, 2.05) is 20.8 Å². The molecule has 7 nitrogen and oxygen atoms in total. The van der Waals surface area contributed by atoms with E-state index in [9.17, 15) is 4.79 Å². The third-order valence-electron chi connectivity index (χ3n) is 3.27. The molecule has 0 aromatic heterocycles. The van der Waals surface area contributed by atoms with E-state index in [2.05, 4.69) is 12.2 Å². The van der Waals surface area contributed by atoms with Crippen LogP contribution in [0.1, 0.15) is 40.5 Å². The Morgan fingerprint density at radius 1 is 0.769 bits per heavy atom. The number of nitrogens with zero attached hydrogens (tertiary/aromatic N) is 1. The summed E-state index contributed by atoms with van der Waals surface area (Å²) in [6.45, 7) is 15.2. The summed E-state index contributed by atoms with van der Waals surface area (Å²) >= 11 is 0. The van der Waals surface area contributed by atoms with Crippen LogP contribution in [-0.4, -0.2) is 90.3 Å². The van der Waals surface area contributed by atoms with Crippen molar-refractivity contribution in [3.63, 3.8) is 0 Å². The minimum Gasteiger partial charge on any atom is -0.378 e. The zero-order valence-electron chi connectivity index (χ0n) is 17.7. The molecule has 0 aromatic carbocycles. The third kappa shape index (κ3) is 21.3. The van der Waals surface area contributed by atoms with Crippen molar-refractivity contribution < 1.29 is 23.7 Å². The predicted octanol–water partition coefficient (Wildman–Crippen LogP) is 1.95. The first-order chi connectivity index (χ1) is 12.7. The fourth-order valence-corrected chi connectivity index (χ4v) is 1.80. The summed E-state index contributed by atoms with van der Waals surface area (Å²) in [5, 5.41) is 3.27. The van der Waals surface area contributed by atoms with Gasteiger partial charge in [0.15, 0.2) is 0 Å². The average molecular weight is 379 g/mol. The van der Waals surface area contributed by atoms with Crippen LogP contribution in [0, 0.1) is 0 Å². The van der Waals surface area contributed by atoms with Crippen LogP contribution in [0.15, 0.2) is 0 Å². The largest absolute Gasteiger partial charge is 0.378 e. The molecule has 0 aliphatic rings. The minimum absolute atomic E-state index is 0.133. The van der Waals surface area contributed by atoms with Gasteiger partial charge in [0.2, 0.25) is 5.91 Å². The maximum atomic E-state index is 11.3. The van der Waals surface area contributed by atoms with Gasteiger partial charge in [-0.05, 0) is 13.0 Å². The van der Waals surface area contributed by atoms with Gasteiger partial charge in [-0.15, -0.1) is 0 Å². The molecule has 0 aromatic rings. The van der Waals surface area contributed by atoms with E-state index in [-0.39, 0.29) is 5.91 Å². The normalized spacial score (nSPS) is 10.3. The molecule has 0 atom stereocenters. The lowest BCUT2D eigenvalue weighted by Gasteiger charge is -2.16. The smallest absolute Gasteiger partial charge is 0.222 e. The molecule has 0 bridgehead atoms. The maximum absolute atomic E-state index is 11.3. The molecular formula is C19H42N2O5. The number of likely N-dealkylation sites (N-methyl/N-ethyl adjacent to an activating group) is 1. The van der Waals surface area contributed by atoms with Gasteiger partial charge in [0, 0.05) is 26.6 Å². The molecule has 0 fully saturated rings. The van der Waals surface area contributed by atoms with Gasteiger partial charge < -0.3 is 29.2 Å². The van der Waals surface area contributed by atoms with Crippen LogP contribution in [0.3, 0.4) is 0 Å². The molecule has 158 valence electrons. The zero-order valence-corrected chi connectivity index (χ0v) is 17.7. The van der Waals surface area contributed by atoms with Crippen LogP contribution in [0.4, 0.5) is 0 Å². The van der Waals surface area contributed by atoms with Crippen LogP contribution in [0.5, 0.6) is 0 Å². The van der Waals surface area contributed by atoms with E-state index >= 15 is 0 Å². The summed E-state index contributed by atoms with van der Waals surface area (Å²) in [5.41, 5.74) is 0. The SMILES string of the molecule is CC.CCCNCCOCCOCCOCCOCCN(C)C(=O)CC. The van der Waals surface area contributed by atoms with Gasteiger partial charge in [0.1, 0.15) is 0 Å². The molecular weight excluding hydrogens is 336 g/mol. The standard InChI is InChI=1S/C17H36N2O5.C2H6/c1-4-6-18-7-9-21-11-13-23-15-16-24-14-12-22-10-8-19(3)17(20)5-2;1-2/h18H,4-16H2,1-3H3;1-2H3. The van der Waals surface area contributed by atoms with Gasteiger partial charge in [-0.2, -0.15) is 0 Å². The quantitative estimate of drug-likeness (QED) is 0.368. The Hall–Kier alpha value is -0.730. The molecule has 0 rings (SSSR count). The maximum Gasteiger partial charge on any atom is 0.222 e.